The molecule has 0 radical (unpaired) electrons. The molecule has 142 valence electrons. The molecule has 0 bridgehead atoms. The second kappa shape index (κ2) is 8.97. The minimum Gasteiger partial charge on any atom is -0.494 e. The Morgan fingerprint density at radius 2 is 1.96 bits per heavy atom. The van der Waals surface area contributed by atoms with Gasteiger partial charge in [0, 0.05) is 18.5 Å². The zero-order valence-electron chi connectivity index (χ0n) is 16.1. The van der Waals surface area contributed by atoms with Gasteiger partial charge < -0.3 is 9.64 Å². The van der Waals surface area contributed by atoms with E-state index in [1.807, 2.05) is 60.4 Å². The number of carbonyl (C=O) groups excluding carboxylic acids is 1. The maximum Gasteiger partial charge on any atom is 0.260 e. The third kappa shape index (κ3) is 4.84. The molecule has 1 aromatic heterocycles. The lowest BCUT2D eigenvalue weighted by molar-refractivity contribution is -0.858. The lowest BCUT2D eigenvalue weighted by Crippen LogP contribution is -3.05. The lowest BCUT2D eigenvalue weighted by Gasteiger charge is -2.20. The van der Waals surface area contributed by atoms with Crippen LogP contribution in [0.1, 0.15) is 23.7 Å². The van der Waals surface area contributed by atoms with Gasteiger partial charge in [0.1, 0.15) is 5.75 Å². The first-order valence-corrected chi connectivity index (χ1v) is 10.1. The fraction of sp³-hybridized carbons (Fsp3) is 0.333. The summed E-state index contributed by atoms with van der Waals surface area (Å²) < 4.78 is 6.62. The quantitative estimate of drug-likeness (QED) is 0.650. The summed E-state index contributed by atoms with van der Waals surface area (Å²) in [6.07, 6.45) is 0.918. The fourth-order valence-electron chi connectivity index (χ4n) is 2.88. The first-order valence-electron chi connectivity index (χ1n) is 9.28. The average molecular weight is 385 g/mol. The number of anilines is 1. The number of aromatic nitrogens is 1. The number of hydrogen-bond donors (Lipinski definition) is 1. The molecule has 0 atom stereocenters. The van der Waals surface area contributed by atoms with E-state index >= 15 is 0 Å². The van der Waals surface area contributed by atoms with Crippen LogP contribution < -0.4 is 14.5 Å². The minimum absolute atomic E-state index is 0.00607. The molecule has 27 heavy (non-hydrogen) atoms. The minimum atomic E-state index is -0.00607. The summed E-state index contributed by atoms with van der Waals surface area (Å²) in [5.41, 5.74) is 1.58. The van der Waals surface area contributed by atoms with E-state index in [0.717, 1.165) is 34.1 Å². The van der Waals surface area contributed by atoms with Crippen molar-refractivity contribution in [1.82, 2.24) is 4.98 Å². The van der Waals surface area contributed by atoms with E-state index in [1.54, 1.807) is 0 Å². The number of thiazole rings is 1. The van der Waals surface area contributed by atoms with Gasteiger partial charge in [0.25, 0.3) is 5.91 Å². The summed E-state index contributed by atoms with van der Waals surface area (Å²) in [7, 11) is 4.24. The van der Waals surface area contributed by atoms with E-state index in [1.165, 1.54) is 16.2 Å². The molecule has 1 heterocycles. The van der Waals surface area contributed by atoms with Crippen molar-refractivity contribution in [2.75, 3.05) is 38.7 Å². The third-order valence-corrected chi connectivity index (χ3v) is 5.26. The van der Waals surface area contributed by atoms with Crippen molar-refractivity contribution in [2.45, 2.75) is 13.3 Å². The van der Waals surface area contributed by atoms with Gasteiger partial charge in [0.15, 0.2) is 5.13 Å². The van der Waals surface area contributed by atoms with Crippen molar-refractivity contribution >= 4 is 32.6 Å². The first kappa shape index (κ1) is 19.3. The summed E-state index contributed by atoms with van der Waals surface area (Å²) in [4.78, 5) is 21.0. The van der Waals surface area contributed by atoms with Crippen molar-refractivity contribution in [3.05, 3.63) is 54.1 Å². The molecule has 0 saturated carbocycles. The second-order valence-electron chi connectivity index (χ2n) is 6.69. The van der Waals surface area contributed by atoms with Crippen LogP contribution in [0.3, 0.4) is 0 Å². The Bertz CT molecular complexity index is 893. The monoisotopic (exact) mass is 384 g/mol. The number of quaternary nitrogens is 1. The number of carbonyl (C=O) groups is 1. The molecule has 5 nitrogen and oxygen atoms in total. The van der Waals surface area contributed by atoms with Gasteiger partial charge in [-0.05, 0) is 37.3 Å². The SMILES string of the molecule is CCOc1ccc2nc(N(CCC[NH+](C)C)C(=O)c3ccccc3)sc2c1. The molecule has 3 aromatic rings. The molecule has 0 aliphatic heterocycles. The molecule has 0 unspecified atom stereocenters. The molecule has 0 saturated heterocycles. The highest BCUT2D eigenvalue weighted by Gasteiger charge is 2.21. The van der Waals surface area contributed by atoms with Crippen LogP contribution in [0.5, 0.6) is 5.75 Å². The van der Waals surface area contributed by atoms with Crippen LogP contribution in [-0.4, -0.2) is 44.7 Å². The number of hydrogen-bond acceptors (Lipinski definition) is 4. The number of nitrogens with zero attached hydrogens (tertiary/aromatic N) is 2. The number of rotatable bonds is 8. The van der Waals surface area contributed by atoms with E-state index in [9.17, 15) is 4.79 Å². The van der Waals surface area contributed by atoms with Gasteiger partial charge in [0.2, 0.25) is 0 Å². The first-order chi connectivity index (χ1) is 13.1. The molecule has 2 aromatic carbocycles. The predicted octanol–water partition coefficient (Wildman–Crippen LogP) is 2.88. The summed E-state index contributed by atoms with van der Waals surface area (Å²) in [5.74, 6) is 0.825. The Kier molecular flexibility index (Phi) is 6.42. The van der Waals surface area contributed by atoms with Crippen molar-refractivity contribution < 1.29 is 14.4 Å². The van der Waals surface area contributed by atoms with Gasteiger partial charge in [0.05, 0.1) is 37.5 Å². The molecule has 1 N–H and O–H groups in total. The van der Waals surface area contributed by atoms with Gasteiger partial charge in [-0.2, -0.15) is 0 Å². The third-order valence-electron chi connectivity index (χ3n) is 4.21. The zero-order chi connectivity index (χ0) is 19.2. The molecule has 6 heteroatoms. The lowest BCUT2D eigenvalue weighted by atomic mass is 10.2. The maximum absolute atomic E-state index is 13.1. The Hall–Kier alpha value is -2.44. The van der Waals surface area contributed by atoms with Gasteiger partial charge in [-0.25, -0.2) is 4.98 Å². The van der Waals surface area contributed by atoms with E-state index < -0.39 is 0 Å². The summed E-state index contributed by atoms with van der Waals surface area (Å²) in [6.45, 7) is 4.24. The van der Waals surface area contributed by atoms with Crippen LogP contribution in [0, 0.1) is 0 Å². The summed E-state index contributed by atoms with van der Waals surface area (Å²) >= 11 is 1.53. The van der Waals surface area contributed by atoms with Crippen LogP contribution in [-0.2, 0) is 0 Å². The molecule has 1 amide bonds. The average Bonchev–Trinajstić information content (AvgIpc) is 3.08. The van der Waals surface area contributed by atoms with Crippen molar-refractivity contribution in [1.29, 1.82) is 0 Å². The smallest absolute Gasteiger partial charge is 0.260 e. The van der Waals surface area contributed by atoms with Crippen LogP contribution in [0.4, 0.5) is 5.13 Å². The second-order valence-corrected chi connectivity index (χ2v) is 7.70. The number of amides is 1. The van der Waals surface area contributed by atoms with Gasteiger partial charge >= 0.3 is 0 Å². The van der Waals surface area contributed by atoms with E-state index in [0.29, 0.717) is 18.7 Å². The van der Waals surface area contributed by atoms with Crippen molar-refractivity contribution in [3.63, 3.8) is 0 Å². The van der Waals surface area contributed by atoms with E-state index in [4.69, 9.17) is 9.72 Å². The van der Waals surface area contributed by atoms with Crippen LogP contribution >= 0.6 is 11.3 Å². The van der Waals surface area contributed by atoms with E-state index in [-0.39, 0.29) is 5.91 Å². The van der Waals surface area contributed by atoms with E-state index in [2.05, 4.69) is 14.1 Å². The van der Waals surface area contributed by atoms with Crippen LogP contribution in [0.25, 0.3) is 10.2 Å². The Balaban J connectivity index is 1.91. The van der Waals surface area contributed by atoms with Crippen LogP contribution in [0.15, 0.2) is 48.5 Å². The maximum atomic E-state index is 13.1. The normalized spacial score (nSPS) is 11.1. The highest BCUT2D eigenvalue weighted by molar-refractivity contribution is 7.22. The predicted molar refractivity (Wildman–Crippen MR) is 111 cm³/mol. The number of fused-ring (bicyclic) bond motifs is 1. The topological polar surface area (TPSA) is 46.9 Å². The molecule has 0 aliphatic rings. The number of benzene rings is 2. The molecule has 0 aliphatic carbocycles. The fourth-order valence-corrected chi connectivity index (χ4v) is 3.89. The summed E-state index contributed by atoms with van der Waals surface area (Å²) in [6, 6.07) is 15.3. The standard InChI is InChI=1S/C21H25N3O2S/c1-4-26-17-11-12-18-19(15-17)27-21(22-18)24(14-8-13-23(2)3)20(25)16-9-6-5-7-10-16/h5-7,9-12,15H,4,8,13-14H2,1-3H3/p+1. The molecule has 0 spiro atoms. The van der Waals surface area contributed by atoms with Crippen molar-refractivity contribution in [2.24, 2.45) is 0 Å². The summed E-state index contributed by atoms with van der Waals surface area (Å²) in [5, 5.41) is 0.737. The Morgan fingerprint density at radius 3 is 2.67 bits per heavy atom. The van der Waals surface area contributed by atoms with Gasteiger partial charge in [-0.15, -0.1) is 0 Å². The Morgan fingerprint density at radius 1 is 1.19 bits per heavy atom. The number of nitrogens with one attached hydrogen (secondary N) is 1. The van der Waals surface area contributed by atoms with Crippen molar-refractivity contribution in [3.8, 4) is 5.75 Å². The molecular weight excluding hydrogens is 358 g/mol. The highest BCUT2D eigenvalue weighted by atomic mass is 32.1. The van der Waals surface area contributed by atoms with Gasteiger partial charge in [-0.3, -0.25) is 9.69 Å². The molecule has 3 rings (SSSR count). The van der Waals surface area contributed by atoms with Crippen LogP contribution in [0.2, 0.25) is 0 Å². The largest absolute Gasteiger partial charge is 0.494 e. The molecule has 0 fully saturated rings. The Labute approximate surface area is 164 Å². The van der Waals surface area contributed by atoms with Gasteiger partial charge in [-0.1, -0.05) is 29.5 Å². The molecular formula is C21H26N3O2S+. The highest BCUT2D eigenvalue weighted by Crippen LogP contribution is 2.32. The zero-order valence-corrected chi connectivity index (χ0v) is 16.9. The number of ether oxygens (including phenoxy) is 1.